The van der Waals surface area contributed by atoms with Gasteiger partial charge < -0.3 is 15.3 Å². The molecule has 1 heterocycles. The molecule has 19 heavy (non-hydrogen) atoms. The van der Waals surface area contributed by atoms with E-state index in [-0.39, 0.29) is 0 Å². The molecule has 6 heteroatoms. The Hall–Kier alpha value is -2.05. The lowest BCUT2D eigenvalue weighted by Crippen LogP contribution is -1.99. The van der Waals surface area contributed by atoms with Crippen LogP contribution < -0.4 is 5.32 Å². The summed E-state index contributed by atoms with van der Waals surface area (Å²) >= 11 is 10.0. The highest BCUT2D eigenvalue weighted by Gasteiger charge is 1.98. The molecule has 0 aliphatic rings. The summed E-state index contributed by atoms with van der Waals surface area (Å²) in [6.07, 6.45) is 0. The first kappa shape index (κ1) is 12.0. The van der Waals surface area contributed by atoms with Gasteiger partial charge in [0.2, 0.25) is 10.7 Å². The molecule has 3 rings (SSSR count). The molecule has 0 spiro atoms. The van der Waals surface area contributed by atoms with Crippen molar-refractivity contribution in [3.05, 3.63) is 52.0 Å². The Morgan fingerprint density at radius 1 is 0.947 bits per heavy atom. The topological polar surface area (TPSA) is 56.5 Å². The van der Waals surface area contributed by atoms with Crippen molar-refractivity contribution in [1.82, 2.24) is 15.0 Å². The molecule has 0 unspecified atom stereocenters. The summed E-state index contributed by atoms with van der Waals surface area (Å²) in [4.78, 5) is 9.80. The van der Waals surface area contributed by atoms with Crippen LogP contribution >= 0.6 is 24.4 Å². The molecule has 1 aromatic heterocycles. The van der Waals surface area contributed by atoms with E-state index in [0.29, 0.717) is 15.5 Å². The summed E-state index contributed by atoms with van der Waals surface area (Å²) in [5.74, 6) is 0.532. The maximum Gasteiger partial charge on any atom is 0.209 e. The Bertz CT molecular complexity index is 822. The summed E-state index contributed by atoms with van der Waals surface area (Å²) in [5.41, 5.74) is 0.928. The van der Waals surface area contributed by atoms with Crippen molar-refractivity contribution in [2.75, 3.05) is 5.32 Å². The minimum absolute atomic E-state index is 0.354. The Kier molecular flexibility index (Phi) is 3.10. The van der Waals surface area contributed by atoms with Crippen LogP contribution in [0.2, 0.25) is 0 Å². The third-order valence-electron chi connectivity index (χ3n) is 2.68. The third kappa shape index (κ3) is 2.69. The van der Waals surface area contributed by atoms with Crippen LogP contribution in [-0.2, 0) is 0 Å². The van der Waals surface area contributed by atoms with Gasteiger partial charge in [0.1, 0.15) is 0 Å². The molecule has 2 aromatic carbocycles. The second kappa shape index (κ2) is 4.91. The standard InChI is InChI=1S/C13H10N4S2/c18-12-15-11(16-13(19)17-12)14-10-6-5-8-3-1-2-4-9(8)7-10/h1-7H,(H3,14,15,16,17,18,19). The van der Waals surface area contributed by atoms with Gasteiger partial charge in [-0.25, -0.2) is 0 Å². The number of fused-ring (bicyclic) bond motifs is 1. The molecule has 0 amide bonds. The first-order chi connectivity index (χ1) is 9.20. The van der Waals surface area contributed by atoms with Crippen LogP contribution in [-0.4, -0.2) is 15.0 Å². The van der Waals surface area contributed by atoms with Crippen molar-refractivity contribution < 1.29 is 0 Å². The molecule has 0 saturated heterocycles. The minimum atomic E-state index is 0.354. The molecule has 0 bridgehead atoms. The summed E-state index contributed by atoms with van der Waals surface area (Å²) in [6, 6.07) is 14.3. The molecule has 4 nitrogen and oxygen atoms in total. The van der Waals surface area contributed by atoms with Gasteiger partial charge in [0.15, 0.2) is 4.77 Å². The Morgan fingerprint density at radius 2 is 1.74 bits per heavy atom. The zero-order valence-electron chi connectivity index (χ0n) is 9.81. The fourth-order valence-corrected chi connectivity index (χ4v) is 2.31. The maximum absolute atomic E-state index is 5.02. The lowest BCUT2D eigenvalue weighted by Gasteiger charge is -2.06. The van der Waals surface area contributed by atoms with Gasteiger partial charge in [-0.1, -0.05) is 30.3 Å². The van der Waals surface area contributed by atoms with Crippen LogP contribution in [0.25, 0.3) is 10.8 Å². The van der Waals surface area contributed by atoms with E-state index in [0.717, 1.165) is 11.1 Å². The number of nitrogens with zero attached hydrogens (tertiary/aromatic N) is 1. The van der Waals surface area contributed by atoms with Crippen LogP contribution in [0, 0.1) is 9.54 Å². The van der Waals surface area contributed by atoms with Crippen molar-refractivity contribution in [3.8, 4) is 0 Å². The Labute approximate surface area is 119 Å². The van der Waals surface area contributed by atoms with Gasteiger partial charge in [0, 0.05) is 5.69 Å². The second-order valence-corrected chi connectivity index (χ2v) is 4.83. The minimum Gasteiger partial charge on any atom is -0.326 e. The summed E-state index contributed by atoms with van der Waals surface area (Å²) in [6.45, 7) is 0. The number of rotatable bonds is 2. The molecule has 0 aliphatic heterocycles. The Morgan fingerprint density at radius 3 is 2.53 bits per heavy atom. The highest BCUT2D eigenvalue weighted by atomic mass is 32.1. The Balaban J connectivity index is 2.01. The maximum atomic E-state index is 5.02. The predicted octanol–water partition coefficient (Wildman–Crippen LogP) is 4.09. The first-order valence-electron chi connectivity index (χ1n) is 5.67. The third-order valence-corrected chi connectivity index (χ3v) is 3.08. The predicted molar refractivity (Wildman–Crippen MR) is 81.8 cm³/mol. The van der Waals surface area contributed by atoms with E-state index in [9.17, 15) is 0 Å². The van der Waals surface area contributed by atoms with Gasteiger partial charge in [-0.05, 0) is 47.3 Å². The number of aromatic nitrogens is 3. The highest BCUT2D eigenvalue weighted by Crippen LogP contribution is 2.20. The van der Waals surface area contributed by atoms with Gasteiger partial charge in [-0.2, -0.15) is 4.98 Å². The first-order valence-corrected chi connectivity index (χ1v) is 6.49. The number of aromatic amines is 2. The van der Waals surface area contributed by atoms with Crippen molar-refractivity contribution >= 4 is 46.8 Å². The van der Waals surface area contributed by atoms with Crippen molar-refractivity contribution in [3.63, 3.8) is 0 Å². The smallest absolute Gasteiger partial charge is 0.209 e. The van der Waals surface area contributed by atoms with Crippen molar-refractivity contribution in [1.29, 1.82) is 0 Å². The molecule has 3 N–H and O–H groups in total. The van der Waals surface area contributed by atoms with E-state index in [2.05, 4.69) is 38.5 Å². The fourth-order valence-electron chi connectivity index (χ4n) is 1.86. The summed E-state index contributed by atoms with van der Waals surface area (Å²) < 4.78 is 0.801. The molecular formula is C13H10N4S2. The van der Waals surface area contributed by atoms with E-state index in [1.165, 1.54) is 5.39 Å². The number of anilines is 2. The number of nitrogens with one attached hydrogen (secondary N) is 3. The van der Waals surface area contributed by atoms with E-state index in [4.69, 9.17) is 24.4 Å². The number of hydrogen-bond donors (Lipinski definition) is 3. The van der Waals surface area contributed by atoms with Crippen LogP contribution in [0.3, 0.4) is 0 Å². The summed E-state index contributed by atoms with van der Waals surface area (Å²) in [5, 5.41) is 5.51. The molecule has 3 aromatic rings. The largest absolute Gasteiger partial charge is 0.326 e. The molecule has 0 saturated carbocycles. The fraction of sp³-hybridized carbons (Fsp3) is 0. The average Bonchev–Trinajstić information content (AvgIpc) is 2.37. The quantitative estimate of drug-likeness (QED) is 0.621. The van der Waals surface area contributed by atoms with Gasteiger partial charge in [0.25, 0.3) is 0 Å². The highest BCUT2D eigenvalue weighted by molar-refractivity contribution is 7.71. The average molecular weight is 286 g/mol. The zero-order chi connectivity index (χ0) is 13.2. The molecule has 0 aliphatic carbocycles. The van der Waals surface area contributed by atoms with Crippen molar-refractivity contribution in [2.45, 2.75) is 0 Å². The van der Waals surface area contributed by atoms with Crippen LogP contribution in [0.1, 0.15) is 0 Å². The van der Waals surface area contributed by atoms with Crippen molar-refractivity contribution in [2.24, 2.45) is 0 Å². The van der Waals surface area contributed by atoms with Gasteiger partial charge in [-0.15, -0.1) is 0 Å². The van der Waals surface area contributed by atoms with Gasteiger partial charge in [0.05, 0.1) is 0 Å². The SMILES string of the molecule is S=c1nc(Nc2ccc3ccccc3c2)[nH]c(=S)[nH]1. The van der Waals surface area contributed by atoms with Crippen LogP contribution in [0.5, 0.6) is 0 Å². The zero-order valence-corrected chi connectivity index (χ0v) is 11.4. The second-order valence-electron chi connectivity index (χ2n) is 4.03. The van der Waals surface area contributed by atoms with E-state index < -0.39 is 0 Å². The van der Waals surface area contributed by atoms with Crippen LogP contribution in [0.15, 0.2) is 42.5 Å². The van der Waals surface area contributed by atoms with Crippen LogP contribution in [0.4, 0.5) is 11.6 Å². The lowest BCUT2D eigenvalue weighted by molar-refractivity contribution is 1.01. The number of hydrogen-bond acceptors (Lipinski definition) is 4. The summed E-state index contributed by atoms with van der Waals surface area (Å²) in [7, 11) is 0. The lowest BCUT2D eigenvalue weighted by atomic mass is 10.1. The molecular weight excluding hydrogens is 276 g/mol. The number of H-pyrrole nitrogens is 2. The number of benzene rings is 2. The van der Waals surface area contributed by atoms with Gasteiger partial charge in [-0.3, -0.25) is 0 Å². The molecule has 94 valence electrons. The van der Waals surface area contributed by atoms with E-state index >= 15 is 0 Å². The molecule has 0 fully saturated rings. The van der Waals surface area contributed by atoms with E-state index in [1.807, 2.05) is 24.3 Å². The monoisotopic (exact) mass is 286 g/mol. The molecule has 0 atom stereocenters. The van der Waals surface area contributed by atoms with E-state index in [1.54, 1.807) is 0 Å². The molecule has 0 radical (unpaired) electrons. The van der Waals surface area contributed by atoms with Gasteiger partial charge >= 0.3 is 0 Å². The normalized spacial score (nSPS) is 10.5.